The highest BCUT2D eigenvalue weighted by atomic mass is 16.6. The number of carbonyl (C=O) groups is 1. The Morgan fingerprint density at radius 2 is 1.85 bits per heavy atom. The molecule has 1 aliphatic heterocycles. The van der Waals surface area contributed by atoms with E-state index in [-0.39, 0.29) is 6.09 Å². The number of ether oxygens (including phenoxy) is 1. The number of nitrogens with zero attached hydrogens (tertiary/aromatic N) is 2. The van der Waals surface area contributed by atoms with Gasteiger partial charge in [-0.15, -0.1) is 0 Å². The van der Waals surface area contributed by atoms with Gasteiger partial charge in [-0.25, -0.2) is 4.79 Å². The number of piperazine rings is 1. The molecule has 0 radical (unpaired) electrons. The minimum absolute atomic E-state index is 0.178. The molecule has 110 valence electrons. The summed E-state index contributed by atoms with van der Waals surface area (Å²) in [7, 11) is 0. The Kier molecular flexibility index (Phi) is 5.41. The fourth-order valence-electron chi connectivity index (χ4n) is 2.64. The molecule has 1 aromatic rings. The van der Waals surface area contributed by atoms with Crippen molar-refractivity contribution < 1.29 is 9.53 Å². The zero-order chi connectivity index (χ0) is 14.4. The fourth-order valence-corrected chi connectivity index (χ4v) is 2.64. The van der Waals surface area contributed by atoms with Crippen molar-refractivity contribution in [2.45, 2.75) is 26.3 Å². The van der Waals surface area contributed by atoms with Gasteiger partial charge in [-0.1, -0.05) is 30.3 Å². The molecular formula is C16H24N2O2. The first-order valence-electron chi connectivity index (χ1n) is 7.40. The van der Waals surface area contributed by atoms with Crippen LogP contribution < -0.4 is 0 Å². The van der Waals surface area contributed by atoms with Crippen molar-refractivity contribution in [2.24, 2.45) is 0 Å². The lowest BCUT2D eigenvalue weighted by molar-refractivity contribution is 0.0687. The number of benzene rings is 1. The Labute approximate surface area is 121 Å². The van der Waals surface area contributed by atoms with E-state index in [1.54, 1.807) is 4.90 Å². The molecule has 0 aromatic heterocycles. The number of hydrogen-bond donors (Lipinski definition) is 0. The molecule has 0 saturated carbocycles. The molecule has 2 rings (SSSR count). The maximum absolute atomic E-state index is 11.7. The van der Waals surface area contributed by atoms with E-state index in [1.165, 1.54) is 5.56 Å². The Morgan fingerprint density at radius 3 is 2.45 bits per heavy atom. The third-order valence-electron chi connectivity index (χ3n) is 3.84. The molecule has 4 heteroatoms. The van der Waals surface area contributed by atoms with E-state index in [4.69, 9.17) is 4.74 Å². The molecule has 1 atom stereocenters. The van der Waals surface area contributed by atoms with Gasteiger partial charge in [-0.2, -0.15) is 0 Å². The van der Waals surface area contributed by atoms with Crippen LogP contribution in [0.5, 0.6) is 0 Å². The first kappa shape index (κ1) is 14.9. The van der Waals surface area contributed by atoms with Crippen molar-refractivity contribution in [1.82, 2.24) is 9.80 Å². The van der Waals surface area contributed by atoms with Crippen LogP contribution in [0, 0.1) is 0 Å². The molecule has 0 unspecified atom stereocenters. The smallest absolute Gasteiger partial charge is 0.409 e. The first-order valence-corrected chi connectivity index (χ1v) is 7.40. The molecule has 1 fully saturated rings. The second-order valence-corrected chi connectivity index (χ2v) is 5.26. The van der Waals surface area contributed by atoms with Crippen LogP contribution in [0.1, 0.15) is 19.4 Å². The van der Waals surface area contributed by atoms with E-state index in [9.17, 15) is 4.79 Å². The topological polar surface area (TPSA) is 32.8 Å². The maximum Gasteiger partial charge on any atom is 0.409 e. The van der Waals surface area contributed by atoms with Crippen molar-refractivity contribution in [3.63, 3.8) is 0 Å². The van der Waals surface area contributed by atoms with Crippen molar-refractivity contribution >= 4 is 6.09 Å². The molecule has 0 N–H and O–H groups in total. The minimum Gasteiger partial charge on any atom is -0.450 e. The molecule has 4 nitrogen and oxygen atoms in total. The third-order valence-corrected chi connectivity index (χ3v) is 3.84. The average molecular weight is 276 g/mol. The zero-order valence-corrected chi connectivity index (χ0v) is 12.4. The first-order chi connectivity index (χ1) is 9.70. The predicted octanol–water partition coefficient (Wildman–Crippen LogP) is 2.39. The summed E-state index contributed by atoms with van der Waals surface area (Å²) in [5, 5.41) is 0. The zero-order valence-electron chi connectivity index (χ0n) is 12.4. The molecular weight excluding hydrogens is 252 g/mol. The molecule has 20 heavy (non-hydrogen) atoms. The SMILES string of the molecule is CCOC(=O)N1CCN([C@H](C)Cc2ccccc2)CC1. The summed E-state index contributed by atoms with van der Waals surface area (Å²) in [4.78, 5) is 15.9. The van der Waals surface area contributed by atoms with Crippen LogP contribution in [0.3, 0.4) is 0 Å². The molecule has 1 heterocycles. The Balaban J connectivity index is 1.80. The summed E-state index contributed by atoms with van der Waals surface area (Å²) in [6.45, 7) is 7.92. The van der Waals surface area contributed by atoms with Crippen molar-refractivity contribution in [3.8, 4) is 0 Å². The second-order valence-electron chi connectivity index (χ2n) is 5.26. The van der Waals surface area contributed by atoms with Crippen LogP contribution >= 0.6 is 0 Å². The van der Waals surface area contributed by atoms with Crippen LogP contribution in [-0.2, 0) is 11.2 Å². The van der Waals surface area contributed by atoms with Gasteiger partial charge in [0.15, 0.2) is 0 Å². The van der Waals surface area contributed by atoms with Gasteiger partial charge >= 0.3 is 6.09 Å². The van der Waals surface area contributed by atoms with Crippen molar-refractivity contribution in [1.29, 1.82) is 0 Å². The van der Waals surface area contributed by atoms with Gasteiger partial charge in [0.25, 0.3) is 0 Å². The highest BCUT2D eigenvalue weighted by molar-refractivity contribution is 5.67. The molecule has 0 bridgehead atoms. The van der Waals surface area contributed by atoms with Gasteiger partial charge in [-0.05, 0) is 25.8 Å². The highest BCUT2D eigenvalue weighted by Crippen LogP contribution is 2.12. The summed E-state index contributed by atoms with van der Waals surface area (Å²) in [6, 6.07) is 11.1. The molecule has 1 saturated heterocycles. The summed E-state index contributed by atoms with van der Waals surface area (Å²) in [5.41, 5.74) is 1.37. The van der Waals surface area contributed by atoms with E-state index in [2.05, 4.69) is 36.1 Å². The molecule has 1 aromatic carbocycles. The standard InChI is InChI=1S/C16H24N2O2/c1-3-20-16(19)18-11-9-17(10-12-18)14(2)13-15-7-5-4-6-8-15/h4-8,14H,3,9-13H2,1-2H3/t14-/m1/s1. The van der Waals surface area contributed by atoms with Crippen LogP contribution in [-0.4, -0.2) is 54.7 Å². The fraction of sp³-hybridized carbons (Fsp3) is 0.562. The van der Waals surface area contributed by atoms with Gasteiger partial charge < -0.3 is 9.64 Å². The highest BCUT2D eigenvalue weighted by Gasteiger charge is 2.24. The van der Waals surface area contributed by atoms with E-state index in [0.717, 1.165) is 32.6 Å². The summed E-state index contributed by atoms with van der Waals surface area (Å²) >= 11 is 0. The molecule has 1 amide bonds. The van der Waals surface area contributed by atoms with Gasteiger partial charge in [-0.3, -0.25) is 4.90 Å². The number of amides is 1. The number of carbonyl (C=O) groups excluding carboxylic acids is 1. The van der Waals surface area contributed by atoms with E-state index >= 15 is 0 Å². The van der Waals surface area contributed by atoms with Crippen LogP contribution in [0.2, 0.25) is 0 Å². The van der Waals surface area contributed by atoms with Gasteiger partial charge in [0.05, 0.1) is 6.61 Å². The molecule has 0 spiro atoms. The number of hydrogen-bond acceptors (Lipinski definition) is 3. The Bertz CT molecular complexity index is 414. The lowest BCUT2D eigenvalue weighted by Gasteiger charge is -2.37. The van der Waals surface area contributed by atoms with E-state index in [1.807, 2.05) is 13.0 Å². The average Bonchev–Trinajstić information content (AvgIpc) is 2.48. The van der Waals surface area contributed by atoms with Gasteiger partial charge in [0.1, 0.15) is 0 Å². The normalized spacial score (nSPS) is 17.8. The monoisotopic (exact) mass is 276 g/mol. The van der Waals surface area contributed by atoms with Crippen molar-refractivity contribution in [3.05, 3.63) is 35.9 Å². The number of rotatable bonds is 4. The Hall–Kier alpha value is -1.55. The maximum atomic E-state index is 11.7. The summed E-state index contributed by atoms with van der Waals surface area (Å²) < 4.78 is 5.04. The van der Waals surface area contributed by atoms with Crippen LogP contribution in [0.25, 0.3) is 0 Å². The largest absolute Gasteiger partial charge is 0.450 e. The third kappa shape index (κ3) is 3.97. The van der Waals surface area contributed by atoms with Gasteiger partial charge in [0.2, 0.25) is 0 Å². The van der Waals surface area contributed by atoms with Crippen LogP contribution in [0.4, 0.5) is 4.79 Å². The minimum atomic E-state index is -0.178. The van der Waals surface area contributed by atoms with Crippen LogP contribution in [0.15, 0.2) is 30.3 Å². The summed E-state index contributed by atoms with van der Waals surface area (Å²) in [5.74, 6) is 0. The predicted molar refractivity (Wildman–Crippen MR) is 79.8 cm³/mol. The van der Waals surface area contributed by atoms with Crippen molar-refractivity contribution in [2.75, 3.05) is 32.8 Å². The lowest BCUT2D eigenvalue weighted by atomic mass is 10.1. The van der Waals surface area contributed by atoms with E-state index < -0.39 is 0 Å². The van der Waals surface area contributed by atoms with Gasteiger partial charge in [0, 0.05) is 32.2 Å². The lowest BCUT2D eigenvalue weighted by Crippen LogP contribution is -2.51. The quantitative estimate of drug-likeness (QED) is 0.846. The Morgan fingerprint density at radius 1 is 1.20 bits per heavy atom. The molecule has 0 aliphatic carbocycles. The summed E-state index contributed by atoms with van der Waals surface area (Å²) in [6.07, 6.45) is 0.878. The van der Waals surface area contributed by atoms with E-state index in [0.29, 0.717) is 12.6 Å². The molecule has 1 aliphatic rings. The second kappa shape index (κ2) is 7.29.